The van der Waals surface area contributed by atoms with E-state index in [2.05, 4.69) is 36.4 Å². The number of fused-ring (bicyclic) bond motifs is 1. The van der Waals surface area contributed by atoms with E-state index in [9.17, 15) is 0 Å². The summed E-state index contributed by atoms with van der Waals surface area (Å²) in [6.07, 6.45) is 0.921. The van der Waals surface area contributed by atoms with Crippen LogP contribution in [-0.2, 0) is 6.54 Å². The van der Waals surface area contributed by atoms with Gasteiger partial charge in [-0.25, -0.2) is 0 Å². The van der Waals surface area contributed by atoms with Crippen LogP contribution in [-0.4, -0.2) is 31.8 Å². The summed E-state index contributed by atoms with van der Waals surface area (Å²) in [5.41, 5.74) is 1.11. The van der Waals surface area contributed by atoms with Gasteiger partial charge in [0.25, 0.3) is 0 Å². The molecule has 2 N–H and O–H groups in total. The summed E-state index contributed by atoms with van der Waals surface area (Å²) in [6.45, 7) is 8.42. The standard InChI is InChI=1S/C16H25N3O2.HI/c1-16(2,3)19-15(17-4)18-11-12-6-7-13-14(10-12)21-9-5-8-20-13;/h6-7,10H,5,8-9,11H2,1-4H3,(H2,17,18,19);1H. The highest BCUT2D eigenvalue weighted by atomic mass is 127. The number of nitrogens with one attached hydrogen (secondary N) is 2. The van der Waals surface area contributed by atoms with Gasteiger partial charge >= 0.3 is 0 Å². The minimum absolute atomic E-state index is 0. The first-order valence-electron chi connectivity index (χ1n) is 7.35. The van der Waals surface area contributed by atoms with Crippen molar-refractivity contribution in [1.29, 1.82) is 0 Å². The molecule has 2 rings (SSSR count). The lowest BCUT2D eigenvalue weighted by Crippen LogP contribution is -2.47. The number of guanidine groups is 1. The highest BCUT2D eigenvalue weighted by Gasteiger charge is 2.13. The average Bonchev–Trinajstić information content (AvgIpc) is 2.66. The Hall–Kier alpha value is -1.18. The monoisotopic (exact) mass is 419 g/mol. The van der Waals surface area contributed by atoms with Crippen molar-refractivity contribution in [2.75, 3.05) is 20.3 Å². The van der Waals surface area contributed by atoms with Crippen molar-refractivity contribution in [3.8, 4) is 11.5 Å². The summed E-state index contributed by atoms with van der Waals surface area (Å²) in [5, 5.41) is 6.64. The molecule has 0 amide bonds. The molecule has 0 bridgehead atoms. The van der Waals surface area contributed by atoms with Crippen molar-refractivity contribution >= 4 is 29.9 Å². The predicted octanol–water partition coefficient (Wildman–Crippen LogP) is 2.93. The lowest BCUT2D eigenvalue weighted by atomic mass is 10.1. The first-order valence-corrected chi connectivity index (χ1v) is 7.35. The van der Waals surface area contributed by atoms with Gasteiger partial charge in [-0.05, 0) is 38.5 Å². The molecule has 0 saturated heterocycles. The van der Waals surface area contributed by atoms with E-state index in [0.717, 1.165) is 29.4 Å². The summed E-state index contributed by atoms with van der Waals surface area (Å²) in [7, 11) is 1.77. The number of hydrogen-bond donors (Lipinski definition) is 2. The molecular formula is C16H26IN3O2. The van der Waals surface area contributed by atoms with Crippen LogP contribution in [0.3, 0.4) is 0 Å². The molecule has 0 atom stereocenters. The molecule has 1 aromatic rings. The van der Waals surface area contributed by atoms with E-state index in [0.29, 0.717) is 19.8 Å². The van der Waals surface area contributed by atoms with Gasteiger partial charge in [0.2, 0.25) is 0 Å². The minimum atomic E-state index is -0.0213. The Morgan fingerprint density at radius 3 is 2.50 bits per heavy atom. The maximum absolute atomic E-state index is 5.70. The first-order chi connectivity index (χ1) is 9.98. The average molecular weight is 419 g/mol. The second-order valence-electron chi connectivity index (χ2n) is 6.13. The predicted molar refractivity (Wildman–Crippen MR) is 101 cm³/mol. The number of benzene rings is 1. The van der Waals surface area contributed by atoms with Gasteiger partial charge < -0.3 is 20.1 Å². The number of halogens is 1. The van der Waals surface area contributed by atoms with Crippen LogP contribution < -0.4 is 20.1 Å². The summed E-state index contributed by atoms with van der Waals surface area (Å²) >= 11 is 0. The molecule has 124 valence electrons. The minimum Gasteiger partial charge on any atom is -0.490 e. The number of rotatable bonds is 2. The van der Waals surface area contributed by atoms with E-state index in [1.807, 2.05) is 18.2 Å². The van der Waals surface area contributed by atoms with Gasteiger partial charge in [-0.3, -0.25) is 4.99 Å². The maximum Gasteiger partial charge on any atom is 0.191 e. The normalized spacial score (nSPS) is 14.6. The van der Waals surface area contributed by atoms with Crippen LogP contribution in [0, 0.1) is 0 Å². The molecule has 22 heavy (non-hydrogen) atoms. The van der Waals surface area contributed by atoms with Crippen LogP contribution in [0.15, 0.2) is 23.2 Å². The van der Waals surface area contributed by atoms with Crippen LogP contribution in [0.4, 0.5) is 0 Å². The van der Waals surface area contributed by atoms with Crippen molar-refractivity contribution < 1.29 is 9.47 Å². The third-order valence-corrected chi connectivity index (χ3v) is 2.99. The summed E-state index contributed by atoms with van der Waals surface area (Å²) in [6, 6.07) is 6.04. The molecule has 0 aliphatic carbocycles. The fraction of sp³-hybridized carbons (Fsp3) is 0.562. The van der Waals surface area contributed by atoms with Crippen molar-refractivity contribution in [2.45, 2.75) is 39.3 Å². The van der Waals surface area contributed by atoms with E-state index in [1.165, 1.54) is 0 Å². The van der Waals surface area contributed by atoms with Crippen molar-refractivity contribution in [3.63, 3.8) is 0 Å². The molecule has 0 unspecified atom stereocenters. The summed E-state index contributed by atoms with van der Waals surface area (Å²) < 4.78 is 11.3. The van der Waals surface area contributed by atoms with Crippen LogP contribution >= 0.6 is 24.0 Å². The third kappa shape index (κ3) is 5.90. The smallest absolute Gasteiger partial charge is 0.191 e. The van der Waals surface area contributed by atoms with Gasteiger partial charge in [-0.2, -0.15) is 0 Å². The molecular weight excluding hydrogens is 393 g/mol. The highest BCUT2D eigenvalue weighted by molar-refractivity contribution is 14.0. The van der Waals surface area contributed by atoms with Crippen molar-refractivity contribution in [1.82, 2.24) is 10.6 Å². The summed E-state index contributed by atoms with van der Waals surface area (Å²) in [4.78, 5) is 4.23. The van der Waals surface area contributed by atoms with E-state index < -0.39 is 0 Å². The summed E-state index contributed by atoms with van der Waals surface area (Å²) in [5.74, 6) is 2.44. The number of nitrogens with zero attached hydrogens (tertiary/aromatic N) is 1. The first kappa shape index (κ1) is 18.9. The van der Waals surface area contributed by atoms with Gasteiger partial charge in [0.05, 0.1) is 13.2 Å². The van der Waals surface area contributed by atoms with Crippen molar-refractivity contribution in [3.05, 3.63) is 23.8 Å². The zero-order valence-electron chi connectivity index (χ0n) is 13.7. The van der Waals surface area contributed by atoms with Crippen LogP contribution in [0.25, 0.3) is 0 Å². The molecule has 1 aliphatic rings. The van der Waals surface area contributed by atoms with Crippen molar-refractivity contribution in [2.24, 2.45) is 4.99 Å². The number of aliphatic imine (C=N–C) groups is 1. The molecule has 0 aromatic heterocycles. The van der Waals surface area contributed by atoms with Crippen LogP contribution in [0.1, 0.15) is 32.8 Å². The number of ether oxygens (including phenoxy) is 2. The molecule has 5 nitrogen and oxygen atoms in total. The fourth-order valence-corrected chi connectivity index (χ4v) is 2.04. The Labute approximate surface area is 149 Å². The van der Waals surface area contributed by atoms with Gasteiger partial charge in [-0.15, -0.1) is 24.0 Å². The van der Waals surface area contributed by atoms with E-state index in [4.69, 9.17) is 9.47 Å². The topological polar surface area (TPSA) is 54.9 Å². The molecule has 1 aliphatic heterocycles. The SMILES string of the molecule is CN=C(NCc1ccc2c(c1)OCCCO2)NC(C)(C)C.I. The second kappa shape index (κ2) is 8.45. The van der Waals surface area contributed by atoms with Gasteiger partial charge in [0, 0.05) is 25.6 Å². The van der Waals surface area contributed by atoms with Gasteiger partial charge in [-0.1, -0.05) is 6.07 Å². The Balaban J connectivity index is 0.00000242. The Bertz CT molecular complexity index is 513. The van der Waals surface area contributed by atoms with E-state index >= 15 is 0 Å². The molecule has 0 spiro atoms. The number of hydrogen-bond acceptors (Lipinski definition) is 3. The lowest BCUT2D eigenvalue weighted by molar-refractivity contribution is 0.297. The zero-order valence-corrected chi connectivity index (χ0v) is 16.1. The molecule has 6 heteroatoms. The fourth-order valence-electron chi connectivity index (χ4n) is 2.04. The van der Waals surface area contributed by atoms with E-state index in [1.54, 1.807) is 7.05 Å². The van der Waals surface area contributed by atoms with E-state index in [-0.39, 0.29) is 29.5 Å². The second-order valence-corrected chi connectivity index (χ2v) is 6.13. The molecule has 1 aromatic carbocycles. The Morgan fingerprint density at radius 1 is 1.18 bits per heavy atom. The highest BCUT2D eigenvalue weighted by Crippen LogP contribution is 2.30. The van der Waals surface area contributed by atoms with Crippen LogP contribution in [0.5, 0.6) is 11.5 Å². The third-order valence-electron chi connectivity index (χ3n) is 2.99. The Kier molecular flexibility index (Phi) is 7.25. The van der Waals surface area contributed by atoms with Gasteiger partial charge in [0.15, 0.2) is 17.5 Å². The molecule has 0 fully saturated rings. The largest absolute Gasteiger partial charge is 0.490 e. The lowest BCUT2D eigenvalue weighted by Gasteiger charge is -2.23. The molecule has 0 saturated carbocycles. The van der Waals surface area contributed by atoms with Gasteiger partial charge in [0.1, 0.15) is 0 Å². The zero-order chi connectivity index (χ0) is 15.3. The molecule has 1 heterocycles. The maximum atomic E-state index is 5.70. The molecule has 0 radical (unpaired) electrons. The van der Waals surface area contributed by atoms with Crippen LogP contribution in [0.2, 0.25) is 0 Å². The quantitative estimate of drug-likeness (QED) is 0.440. The Morgan fingerprint density at radius 2 is 1.86 bits per heavy atom.